The number of methoxy groups -OCH3 is 1. The Morgan fingerprint density at radius 3 is 2.58 bits per heavy atom. The maximum Gasteiger partial charge on any atom is 0.153 e. The Hall–Kier alpha value is -2.29. The molecule has 0 aromatic heterocycles. The summed E-state index contributed by atoms with van der Waals surface area (Å²) in [6.45, 7) is 2.08. The van der Waals surface area contributed by atoms with E-state index >= 15 is 0 Å². The van der Waals surface area contributed by atoms with Gasteiger partial charge in [-0.25, -0.2) is 0 Å². The van der Waals surface area contributed by atoms with E-state index in [4.69, 9.17) is 9.47 Å². The Morgan fingerprint density at radius 1 is 1.11 bits per heavy atom. The molecule has 0 amide bonds. The van der Waals surface area contributed by atoms with Gasteiger partial charge in [-0.1, -0.05) is 25.1 Å². The Balaban J connectivity index is 2.30. The third-order valence-corrected chi connectivity index (χ3v) is 2.91. The fourth-order valence-electron chi connectivity index (χ4n) is 1.87. The zero-order valence-corrected chi connectivity index (χ0v) is 11.1. The topological polar surface area (TPSA) is 35.5 Å². The fourth-order valence-corrected chi connectivity index (χ4v) is 1.87. The second-order valence-corrected chi connectivity index (χ2v) is 4.08. The number of rotatable bonds is 5. The minimum Gasteiger partial charge on any atom is -0.496 e. The molecule has 19 heavy (non-hydrogen) atoms. The summed E-state index contributed by atoms with van der Waals surface area (Å²) >= 11 is 0. The molecule has 2 aromatic rings. The minimum atomic E-state index is 0.513. The maximum atomic E-state index is 10.8. The van der Waals surface area contributed by atoms with Crippen LogP contribution in [0.25, 0.3) is 0 Å². The van der Waals surface area contributed by atoms with Crippen molar-refractivity contribution in [3.63, 3.8) is 0 Å². The first-order chi connectivity index (χ1) is 9.28. The van der Waals surface area contributed by atoms with Crippen LogP contribution < -0.4 is 9.47 Å². The van der Waals surface area contributed by atoms with Crippen LogP contribution in [0.2, 0.25) is 0 Å². The molecule has 0 N–H and O–H groups in total. The van der Waals surface area contributed by atoms with E-state index in [1.807, 2.05) is 24.3 Å². The number of hydrogen-bond acceptors (Lipinski definition) is 3. The number of ether oxygens (including phenoxy) is 2. The van der Waals surface area contributed by atoms with Gasteiger partial charge >= 0.3 is 0 Å². The molecule has 3 heteroatoms. The van der Waals surface area contributed by atoms with Gasteiger partial charge in [-0.05, 0) is 30.2 Å². The van der Waals surface area contributed by atoms with Crippen LogP contribution in [0.1, 0.15) is 22.8 Å². The molecule has 0 atom stereocenters. The summed E-state index contributed by atoms with van der Waals surface area (Å²) in [6, 6.07) is 13.1. The first-order valence-electron chi connectivity index (χ1n) is 6.17. The van der Waals surface area contributed by atoms with E-state index in [0.717, 1.165) is 24.0 Å². The summed E-state index contributed by atoms with van der Waals surface area (Å²) in [4.78, 5) is 10.8. The van der Waals surface area contributed by atoms with Crippen LogP contribution in [0.3, 0.4) is 0 Å². The molecule has 0 aliphatic heterocycles. The van der Waals surface area contributed by atoms with Gasteiger partial charge in [-0.2, -0.15) is 0 Å². The van der Waals surface area contributed by atoms with Gasteiger partial charge in [0.15, 0.2) is 6.29 Å². The lowest BCUT2D eigenvalue weighted by molar-refractivity contribution is 0.112. The molecule has 0 fully saturated rings. The summed E-state index contributed by atoms with van der Waals surface area (Å²) in [5.74, 6) is 2.00. The molecular weight excluding hydrogens is 240 g/mol. The van der Waals surface area contributed by atoms with Crippen LogP contribution in [0.4, 0.5) is 0 Å². The Morgan fingerprint density at radius 2 is 1.89 bits per heavy atom. The maximum absolute atomic E-state index is 10.8. The van der Waals surface area contributed by atoms with Crippen LogP contribution >= 0.6 is 0 Å². The standard InChI is InChI=1S/C16H16O3/c1-3-12-6-4-5-7-15(12)19-14-9-8-13(11-17)16(10-14)18-2/h4-11H,3H2,1-2H3. The smallest absolute Gasteiger partial charge is 0.153 e. The Labute approximate surface area is 112 Å². The monoisotopic (exact) mass is 256 g/mol. The highest BCUT2D eigenvalue weighted by Crippen LogP contribution is 2.29. The number of aryl methyl sites for hydroxylation is 1. The third-order valence-electron chi connectivity index (χ3n) is 2.91. The molecule has 98 valence electrons. The molecule has 2 aromatic carbocycles. The van der Waals surface area contributed by atoms with Crippen molar-refractivity contribution in [1.82, 2.24) is 0 Å². The van der Waals surface area contributed by atoms with E-state index in [-0.39, 0.29) is 0 Å². The number of hydrogen-bond donors (Lipinski definition) is 0. The molecule has 0 radical (unpaired) electrons. The van der Waals surface area contributed by atoms with Crippen molar-refractivity contribution in [3.05, 3.63) is 53.6 Å². The molecule has 0 unspecified atom stereocenters. The first-order valence-corrected chi connectivity index (χ1v) is 6.17. The van der Waals surface area contributed by atoms with Crippen LogP contribution in [0.15, 0.2) is 42.5 Å². The van der Waals surface area contributed by atoms with Crippen molar-refractivity contribution in [2.24, 2.45) is 0 Å². The van der Waals surface area contributed by atoms with Gasteiger partial charge in [-0.15, -0.1) is 0 Å². The van der Waals surface area contributed by atoms with Gasteiger partial charge < -0.3 is 9.47 Å². The SMILES string of the molecule is CCc1ccccc1Oc1ccc(C=O)c(OC)c1. The van der Waals surface area contributed by atoms with E-state index < -0.39 is 0 Å². The van der Waals surface area contributed by atoms with Crippen LogP contribution in [-0.4, -0.2) is 13.4 Å². The van der Waals surface area contributed by atoms with E-state index in [0.29, 0.717) is 17.1 Å². The van der Waals surface area contributed by atoms with Gasteiger partial charge in [0, 0.05) is 6.07 Å². The van der Waals surface area contributed by atoms with Crippen LogP contribution in [-0.2, 0) is 6.42 Å². The van der Waals surface area contributed by atoms with Crippen LogP contribution in [0, 0.1) is 0 Å². The number of benzene rings is 2. The molecule has 0 aliphatic rings. The van der Waals surface area contributed by atoms with E-state index in [2.05, 4.69) is 6.92 Å². The highest BCUT2D eigenvalue weighted by molar-refractivity contribution is 5.79. The summed E-state index contributed by atoms with van der Waals surface area (Å²) in [6.07, 6.45) is 1.67. The zero-order valence-electron chi connectivity index (χ0n) is 11.1. The van der Waals surface area contributed by atoms with E-state index in [1.165, 1.54) is 7.11 Å². The van der Waals surface area contributed by atoms with Gasteiger partial charge in [-0.3, -0.25) is 4.79 Å². The highest BCUT2D eigenvalue weighted by Gasteiger charge is 2.07. The van der Waals surface area contributed by atoms with Gasteiger partial charge in [0.2, 0.25) is 0 Å². The lowest BCUT2D eigenvalue weighted by Gasteiger charge is -2.11. The summed E-state index contributed by atoms with van der Waals surface area (Å²) in [7, 11) is 1.53. The average molecular weight is 256 g/mol. The largest absolute Gasteiger partial charge is 0.496 e. The average Bonchev–Trinajstić information content (AvgIpc) is 2.47. The number of para-hydroxylation sites is 1. The molecule has 0 saturated carbocycles. The summed E-state index contributed by atoms with van der Waals surface area (Å²) < 4.78 is 11.0. The van der Waals surface area contributed by atoms with Crippen molar-refractivity contribution in [1.29, 1.82) is 0 Å². The zero-order chi connectivity index (χ0) is 13.7. The normalized spacial score (nSPS) is 10.0. The summed E-state index contributed by atoms with van der Waals surface area (Å²) in [5.41, 5.74) is 1.65. The lowest BCUT2D eigenvalue weighted by Crippen LogP contribution is -1.93. The lowest BCUT2D eigenvalue weighted by atomic mass is 10.1. The van der Waals surface area contributed by atoms with Crippen molar-refractivity contribution in [2.45, 2.75) is 13.3 Å². The first kappa shape index (κ1) is 13.1. The van der Waals surface area contributed by atoms with E-state index in [9.17, 15) is 4.79 Å². The predicted octanol–water partition coefficient (Wildman–Crippen LogP) is 3.86. The molecule has 0 aliphatic carbocycles. The number of carbonyl (C=O) groups is 1. The van der Waals surface area contributed by atoms with Gasteiger partial charge in [0.25, 0.3) is 0 Å². The minimum absolute atomic E-state index is 0.513. The molecule has 0 saturated heterocycles. The molecule has 0 spiro atoms. The highest BCUT2D eigenvalue weighted by atomic mass is 16.5. The summed E-state index contributed by atoms with van der Waals surface area (Å²) in [5, 5.41) is 0. The Kier molecular flexibility index (Phi) is 4.18. The quantitative estimate of drug-likeness (QED) is 0.762. The third kappa shape index (κ3) is 2.94. The van der Waals surface area contributed by atoms with Crippen LogP contribution in [0.5, 0.6) is 17.2 Å². The number of aldehydes is 1. The van der Waals surface area contributed by atoms with Crippen molar-refractivity contribution in [3.8, 4) is 17.2 Å². The molecule has 0 heterocycles. The second-order valence-electron chi connectivity index (χ2n) is 4.08. The predicted molar refractivity (Wildman–Crippen MR) is 74.3 cm³/mol. The molecule has 0 bridgehead atoms. The van der Waals surface area contributed by atoms with Crippen molar-refractivity contribution < 1.29 is 14.3 Å². The molecule has 3 nitrogen and oxygen atoms in total. The number of carbonyl (C=O) groups excluding carboxylic acids is 1. The van der Waals surface area contributed by atoms with Gasteiger partial charge in [0.05, 0.1) is 12.7 Å². The van der Waals surface area contributed by atoms with Crippen molar-refractivity contribution in [2.75, 3.05) is 7.11 Å². The Bertz CT molecular complexity index is 576. The fraction of sp³-hybridized carbons (Fsp3) is 0.188. The van der Waals surface area contributed by atoms with E-state index in [1.54, 1.807) is 18.2 Å². The molecule has 2 rings (SSSR count). The second kappa shape index (κ2) is 6.05. The van der Waals surface area contributed by atoms with Gasteiger partial charge in [0.1, 0.15) is 17.2 Å². The van der Waals surface area contributed by atoms with Crippen molar-refractivity contribution >= 4 is 6.29 Å². The molecular formula is C16H16O3.